The fourth-order valence-corrected chi connectivity index (χ4v) is 1.62. The third-order valence-electron chi connectivity index (χ3n) is 2.43. The van der Waals surface area contributed by atoms with Gasteiger partial charge in [0.05, 0.1) is 5.56 Å². The molecule has 84 valence electrons. The molecule has 0 unspecified atom stereocenters. The van der Waals surface area contributed by atoms with Crippen molar-refractivity contribution in [1.82, 2.24) is 9.97 Å². The molecule has 0 saturated heterocycles. The number of anilines is 1. The van der Waals surface area contributed by atoms with Gasteiger partial charge in [-0.15, -0.1) is 0 Å². The Morgan fingerprint density at radius 2 is 1.88 bits per heavy atom. The van der Waals surface area contributed by atoms with Crippen LogP contribution in [0.4, 0.5) is 10.3 Å². The van der Waals surface area contributed by atoms with Gasteiger partial charge in [0.1, 0.15) is 17.2 Å². The molecule has 0 bridgehead atoms. The number of hydrogen-bond donors (Lipinski definition) is 1. The molecule has 0 saturated carbocycles. The topological polar surface area (TPSA) is 64.9 Å². The number of furan rings is 1. The summed E-state index contributed by atoms with van der Waals surface area (Å²) in [5, 5.41) is 0.705. The molecular formula is C12H8FN3O. The zero-order valence-electron chi connectivity index (χ0n) is 8.72. The maximum absolute atomic E-state index is 13.0. The van der Waals surface area contributed by atoms with Crippen LogP contribution in [0.5, 0.6) is 0 Å². The summed E-state index contributed by atoms with van der Waals surface area (Å²) in [5.74, 6) is 0.500. The van der Waals surface area contributed by atoms with Crippen molar-refractivity contribution in [3.63, 3.8) is 0 Å². The molecule has 2 N–H and O–H groups in total. The van der Waals surface area contributed by atoms with E-state index in [1.165, 1.54) is 12.1 Å². The molecule has 3 rings (SSSR count). The van der Waals surface area contributed by atoms with E-state index in [1.807, 2.05) is 0 Å². The van der Waals surface area contributed by atoms with Crippen LogP contribution in [-0.2, 0) is 0 Å². The Balaban J connectivity index is 2.14. The van der Waals surface area contributed by atoms with E-state index >= 15 is 0 Å². The largest absolute Gasteiger partial charge is 0.456 e. The molecule has 0 amide bonds. The van der Waals surface area contributed by atoms with Gasteiger partial charge in [0, 0.05) is 17.8 Å². The van der Waals surface area contributed by atoms with Gasteiger partial charge < -0.3 is 10.2 Å². The standard InChI is InChI=1S/C12H8FN3O/c13-9-1-2-10-7(3-9)4-11(17-10)8-5-15-12(14)16-6-8/h1-6H,(H2,14,15,16). The zero-order chi connectivity index (χ0) is 11.8. The highest BCUT2D eigenvalue weighted by molar-refractivity contribution is 5.82. The molecule has 4 nitrogen and oxygen atoms in total. The minimum absolute atomic E-state index is 0.205. The summed E-state index contributed by atoms with van der Waals surface area (Å²) in [4.78, 5) is 7.75. The van der Waals surface area contributed by atoms with Gasteiger partial charge >= 0.3 is 0 Å². The normalized spacial score (nSPS) is 10.9. The number of hydrogen-bond acceptors (Lipinski definition) is 4. The Morgan fingerprint density at radius 1 is 1.12 bits per heavy atom. The van der Waals surface area contributed by atoms with Gasteiger partial charge in [-0.3, -0.25) is 0 Å². The third kappa shape index (κ3) is 1.71. The average Bonchev–Trinajstić information content (AvgIpc) is 2.72. The van der Waals surface area contributed by atoms with Crippen molar-refractivity contribution in [2.24, 2.45) is 0 Å². The van der Waals surface area contributed by atoms with Gasteiger partial charge in [0.2, 0.25) is 5.95 Å². The Labute approximate surface area is 95.9 Å². The number of rotatable bonds is 1. The molecule has 17 heavy (non-hydrogen) atoms. The molecule has 3 aromatic rings. The summed E-state index contributed by atoms with van der Waals surface area (Å²) in [6.07, 6.45) is 3.13. The summed E-state index contributed by atoms with van der Waals surface area (Å²) in [6.45, 7) is 0. The van der Waals surface area contributed by atoms with E-state index in [0.29, 0.717) is 22.3 Å². The fraction of sp³-hybridized carbons (Fsp3) is 0. The summed E-state index contributed by atoms with van der Waals surface area (Å²) < 4.78 is 18.6. The van der Waals surface area contributed by atoms with E-state index in [2.05, 4.69) is 9.97 Å². The maximum atomic E-state index is 13.0. The number of aromatic nitrogens is 2. The lowest BCUT2D eigenvalue weighted by molar-refractivity contribution is 0.618. The summed E-state index contributed by atoms with van der Waals surface area (Å²) >= 11 is 0. The Hall–Kier alpha value is -2.43. The number of benzene rings is 1. The molecule has 0 fully saturated rings. The van der Waals surface area contributed by atoms with Crippen molar-refractivity contribution in [1.29, 1.82) is 0 Å². The fourth-order valence-electron chi connectivity index (χ4n) is 1.62. The summed E-state index contributed by atoms with van der Waals surface area (Å²) in [6, 6.07) is 6.11. The van der Waals surface area contributed by atoms with E-state index in [-0.39, 0.29) is 11.8 Å². The molecule has 0 aliphatic heterocycles. The van der Waals surface area contributed by atoms with Gasteiger partial charge in [0.25, 0.3) is 0 Å². The molecule has 0 radical (unpaired) electrons. The molecule has 2 aromatic heterocycles. The van der Waals surface area contributed by atoms with Crippen molar-refractivity contribution in [3.8, 4) is 11.3 Å². The van der Waals surface area contributed by atoms with Gasteiger partial charge in [-0.25, -0.2) is 14.4 Å². The second kappa shape index (κ2) is 3.55. The van der Waals surface area contributed by atoms with Crippen LogP contribution in [0.15, 0.2) is 41.1 Å². The number of nitrogens with two attached hydrogens (primary N) is 1. The predicted molar refractivity (Wildman–Crippen MR) is 61.6 cm³/mol. The first kappa shape index (κ1) is 9.77. The highest BCUT2D eigenvalue weighted by atomic mass is 19.1. The van der Waals surface area contributed by atoms with E-state index < -0.39 is 0 Å². The molecule has 0 spiro atoms. The molecule has 0 aliphatic carbocycles. The monoisotopic (exact) mass is 229 g/mol. The van der Waals surface area contributed by atoms with E-state index in [4.69, 9.17) is 10.2 Å². The quantitative estimate of drug-likeness (QED) is 0.696. The minimum Gasteiger partial charge on any atom is -0.456 e. The van der Waals surface area contributed by atoms with Crippen LogP contribution >= 0.6 is 0 Å². The predicted octanol–water partition coefficient (Wildman–Crippen LogP) is 2.61. The Kier molecular flexibility index (Phi) is 2.04. The van der Waals surface area contributed by atoms with Gasteiger partial charge in [-0.2, -0.15) is 0 Å². The van der Waals surface area contributed by atoms with Gasteiger partial charge in [0.15, 0.2) is 0 Å². The number of nitrogens with zero attached hydrogens (tertiary/aromatic N) is 2. The Morgan fingerprint density at radius 3 is 2.65 bits per heavy atom. The highest BCUT2D eigenvalue weighted by Gasteiger charge is 2.07. The van der Waals surface area contributed by atoms with Crippen LogP contribution in [0, 0.1) is 5.82 Å². The first-order valence-electron chi connectivity index (χ1n) is 4.99. The van der Waals surface area contributed by atoms with E-state index in [0.717, 1.165) is 0 Å². The average molecular weight is 229 g/mol. The first-order valence-corrected chi connectivity index (χ1v) is 4.99. The number of fused-ring (bicyclic) bond motifs is 1. The zero-order valence-corrected chi connectivity index (χ0v) is 8.72. The molecule has 1 aromatic carbocycles. The van der Waals surface area contributed by atoms with E-state index in [1.54, 1.807) is 24.5 Å². The molecule has 5 heteroatoms. The molecular weight excluding hydrogens is 221 g/mol. The first-order chi connectivity index (χ1) is 8.22. The summed E-state index contributed by atoms with van der Waals surface area (Å²) in [5.41, 5.74) is 6.73. The van der Waals surface area contributed by atoms with Gasteiger partial charge in [-0.1, -0.05) is 0 Å². The van der Waals surface area contributed by atoms with Crippen LogP contribution < -0.4 is 5.73 Å². The van der Waals surface area contributed by atoms with Gasteiger partial charge in [-0.05, 0) is 24.3 Å². The molecule has 2 heterocycles. The van der Waals surface area contributed by atoms with Crippen LogP contribution in [0.25, 0.3) is 22.3 Å². The van der Waals surface area contributed by atoms with Crippen molar-refractivity contribution in [2.75, 3.05) is 5.73 Å². The second-order valence-electron chi connectivity index (χ2n) is 3.62. The lowest BCUT2D eigenvalue weighted by atomic mass is 10.2. The van der Waals surface area contributed by atoms with Crippen LogP contribution in [0.3, 0.4) is 0 Å². The van der Waals surface area contributed by atoms with Crippen molar-refractivity contribution in [3.05, 3.63) is 42.5 Å². The minimum atomic E-state index is -0.293. The second-order valence-corrected chi connectivity index (χ2v) is 3.62. The third-order valence-corrected chi connectivity index (χ3v) is 2.43. The molecule has 0 atom stereocenters. The lowest BCUT2D eigenvalue weighted by Gasteiger charge is -1.94. The van der Waals surface area contributed by atoms with Crippen molar-refractivity contribution >= 4 is 16.9 Å². The van der Waals surface area contributed by atoms with Crippen LogP contribution in [0.1, 0.15) is 0 Å². The van der Waals surface area contributed by atoms with E-state index in [9.17, 15) is 4.39 Å². The van der Waals surface area contributed by atoms with Crippen molar-refractivity contribution < 1.29 is 8.81 Å². The highest BCUT2D eigenvalue weighted by Crippen LogP contribution is 2.27. The van der Waals surface area contributed by atoms with Crippen LogP contribution in [-0.4, -0.2) is 9.97 Å². The maximum Gasteiger partial charge on any atom is 0.219 e. The SMILES string of the molecule is Nc1ncc(-c2cc3cc(F)ccc3o2)cn1. The smallest absolute Gasteiger partial charge is 0.219 e. The summed E-state index contributed by atoms with van der Waals surface area (Å²) in [7, 11) is 0. The van der Waals surface area contributed by atoms with Crippen molar-refractivity contribution in [2.45, 2.75) is 0 Å². The number of nitrogen functional groups attached to an aromatic ring is 1. The molecule has 0 aliphatic rings. The van der Waals surface area contributed by atoms with Crippen LogP contribution in [0.2, 0.25) is 0 Å². The Bertz CT molecular complexity index is 676. The lowest BCUT2D eigenvalue weighted by Crippen LogP contribution is -1.92. The number of halogens is 1.